The Balaban J connectivity index is 1.43. The zero-order chi connectivity index (χ0) is 26.5. The van der Waals surface area contributed by atoms with Gasteiger partial charge in [0.25, 0.3) is 5.91 Å². The van der Waals surface area contributed by atoms with E-state index in [4.69, 9.17) is 9.47 Å². The second-order valence-electron chi connectivity index (χ2n) is 8.16. The molecule has 3 aromatic carbocycles. The van der Waals surface area contributed by atoms with Crippen LogP contribution < -0.4 is 25.5 Å². The lowest BCUT2D eigenvalue weighted by atomic mass is 10.2. The summed E-state index contributed by atoms with van der Waals surface area (Å²) in [5, 5.41) is 9.10. The first-order chi connectivity index (χ1) is 17.9. The standard InChI is InChI=1S/C28H30N4O5/c1-3-4-15-36-24-13-11-22(12-14-24)31-27(34)28(35)32-29-18-21-8-6-10-25(17-21)37-19-26(33)30-23-9-5-7-20(2)16-23/h5-14,16-18H,3-4,15,19H2,1-2H3,(H,30,33)(H,31,34)(H,32,35)/b29-18-. The normalized spacial score (nSPS) is 10.5. The molecule has 192 valence electrons. The number of carbonyl (C=O) groups is 3. The maximum absolute atomic E-state index is 12.1. The molecule has 0 heterocycles. The van der Waals surface area contributed by atoms with E-state index in [-0.39, 0.29) is 12.5 Å². The van der Waals surface area contributed by atoms with Gasteiger partial charge in [0.2, 0.25) is 0 Å². The van der Waals surface area contributed by atoms with Gasteiger partial charge in [0.05, 0.1) is 12.8 Å². The molecule has 0 bridgehead atoms. The van der Waals surface area contributed by atoms with E-state index in [9.17, 15) is 14.4 Å². The van der Waals surface area contributed by atoms with Crippen LogP contribution in [0.5, 0.6) is 11.5 Å². The number of hydrazone groups is 1. The Morgan fingerprint density at radius 3 is 2.38 bits per heavy atom. The average molecular weight is 503 g/mol. The second kappa shape index (κ2) is 14.0. The van der Waals surface area contributed by atoms with Gasteiger partial charge in [-0.25, -0.2) is 5.43 Å². The number of hydrogen-bond donors (Lipinski definition) is 3. The van der Waals surface area contributed by atoms with E-state index in [1.54, 1.807) is 54.6 Å². The van der Waals surface area contributed by atoms with Gasteiger partial charge in [0.15, 0.2) is 6.61 Å². The number of benzene rings is 3. The molecule has 0 atom stereocenters. The zero-order valence-corrected chi connectivity index (χ0v) is 20.8. The van der Waals surface area contributed by atoms with E-state index in [0.717, 1.165) is 18.4 Å². The van der Waals surface area contributed by atoms with E-state index in [2.05, 4.69) is 28.1 Å². The molecule has 0 unspecified atom stereocenters. The Hall–Kier alpha value is -4.66. The summed E-state index contributed by atoms with van der Waals surface area (Å²) < 4.78 is 11.1. The molecule has 3 N–H and O–H groups in total. The van der Waals surface area contributed by atoms with Crippen LogP contribution in [0.4, 0.5) is 11.4 Å². The minimum absolute atomic E-state index is 0.169. The first-order valence-corrected chi connectivity index (χ1v) is 11.9. The molecule has 3 amide bonds. The van der Waals surface area contributed by atoms with Crippen LogP contribution in [0.25, 0.3) is 0 Å². The molecule has 0 aliphatic heterocycles. The number of anilines is 2. The van der Waals surface area contributed by atoms with Crippen LogP contribution in [0, 0.1) is 6.92 Å². The van der Waals surface area contributed by atoms with Crippen molar-refractivity contribution in [2.24, 2.45) is 5.10 Å². The molecular formula is C28H30N4O5. The molecule has 0 fully saturated rings. The molecule has 9 nitrogen and oxygen atoms in total. The van der Waals surface area contributed by atoms with Gasteiger partial charge in [-0.15, -0.1) is 0 Å². The number of nitrogens with zero attached hydrogens (tertiary/aromatic N) is 1. The fourth-order valence-electron chi connectivity index (χ4n) is 3.13. The molecule has 0 spiro atoms. The number of carbonyl (C=O) groups excluding carboxylic acids is 3. The number of nitrogens with one attached hydrogen (secondary N) is 3. The van der Waals surface area contributed by atoms with Gasteiger partial charge < -0.3 is 20.1 Å². The van der Waals surface area contributed by atoms with E-state index in [0.29, 0.717) is 35.0 Å². The molecule has 0 radical (unpaired) electrons. The van der Waals surface area contributed by atoms with Gasteiger partial charge in [0, 0.05) is 11.4 Å². The predicted octanol–water partition coefficient (Wildman–Crippen LogP) is 4.28. The minimum atomic E-state index is -0.917. The minimum Gasteiger partial charge on any atom is -0.494 e. The summed E-state index contributed by atoms with van der Waals surface area (Å²) in [4.78, 5) is 36.3. The Kier molecular flexibility index (Phi) is 10.2. The van der Waals surface area contributed by atoms with Crippen molar-refractivity contribution in [2.45, 2.75) is 26.7 Å². The van der Waals surface area contributed by atoms with E-state index in [1.807, 2.05) is 25.1 Å². The van der Waals surface area contributed by atoms with Gasteiger partial charge in [-0.3, -0.25) is 14.4 Å². The van der Waals surface area contributed by atoms with Crippen LogP contribution >= 0.6 is 0 Å². The SMILES string of the molecule is CCCCOc1ccc(NC(=O)C(=O)N/N=C\c2cccc(OCC(=O)Nc3cccc(C)c3)c2)cc1. The lowest BCUT2D eigenvalue weighted by Crippen LogP contribution is -2.32. The van der Waals surface area contributed by atoms with Crippen molar-refractivity contribution >= 4 is 35.3 Å². The lowest BCUT2D eigenvalue weighted by molar-refractivity contribution is -0.136. The monoisotopic (exact) mass is 502 g/mol. The van der Waals surface area contributed by atoms with Crippen LogP contribution in [0.3, 0.4) is 0 Å². The van der Waals surface area contributed by atoms with Crippen molar-refractivity contribution in [3.05, 3.63) is 83.9 Å². The summed E-state index contributed by atoms with van der Waals surface area (Å²) in [5.41, 5.74) is 4.99. The smallest absolute Gasteiger partial charge is 0.329 e. The van der Waals surface area contributed by atoms with Gasteiger partial charge in [-0.2, -0.15) is 5.10 Å². The van der Waals surface area contributed by atoms with Crippen molar-refractivity contribution in [1.82, 2.24) is 5.43 Å². The first-order valence-electron chi connectivity index (χ1n) is 11.9. The predicted molar refractivity (Wildman–Crippen MR) is 143 cm³/mol. The Labute approximate surface area is 215 Å². The molecule has 3 rings (SSSR count). The summed E-state index contributed by atoms with van der Waals surface area (Å²) in [6.45, 7) is 4.48. The Morgan fingerprint density at radius 2 is 1.62 bits per heavy atom. The van der Waals surface area contributed by atoms with Gasteiger partial charge in [-0.1, -0.05) is 37.6 Å². The van der Waals surface area contributed by atoms with Gasteiger partial charge >= 0.3 is 11.8 Å². The molecule has 0 aliphatic rings. The number of ether oxygens (including phenoxy) is 2. The second-order valence-corrected chi connectivity index (χ2v) is 8.16. The molecule has 0 saturated carbocycles. The van der Waals surface area contributed by atoms with Crippen LogP contribution in [-0.4, -0.2) is 37.1 Å². The van der Waals surface area contributed by atoms with Crippen LogP contribution in [0.1, 0.15) is 30.9 Å². The maximum Gasteiger partial charge on any atom is 0.329 e. The Morgan fingerprint density at radius 1 is 0.838 bits per heavy atom. The van der Waals surface area contributed by atoms with Crippen molar-refractivity contribution in [1.29, 1.82) is 0 Å². The van der Waals surface area contributed by atoms with E-state index >= 15 is 0 Å². The highest BCUT2D eigenvalue weighted by Crippen LogP contribution is 2.16. The Bertz CT molecular complexity index is 1240. The third-order valence-electron chi connectivity index (χ3n) is 4.99. The fraction of sp³-hybridized carbons (Fsp3) is 0.214. The van der Waals surface area contributed by atoms with Crippen LogP contribution in [0.15, 0.2) is 77.9 Å². The molecule has 0 saturated heterocycles. The molecular weight excluding hydrogens is 472 g/mol. The van der Waals surface area contributed by atoms with E-state index < -0.39 is 11.8 Å². The topological polar surface area (TPSA) is 118 Å². The molecule has 3 aromatic rings. The van der Waals surface area contributed by atoms with E-state index in [1.165, 1.54) is 6.21 Å². The third kappa shape index (κ3) is 9.48. The highest BCUT2D eigenvalue weighted by molar-refractivity contribution is 6.39. The number of rotatable bonds is 11. The van der Waals surface area contributed by atoms with Gasteiger partial charge in [0.1, 0.15) is 11.5 Å². The quantitative estimate of drug-likeness (QED) is 0.157. The van der Waals surface area contributed by atoms with Crippen molar-refractivity contribution < 1.29 is 23.9 Å². The summed E-state index contributed by atoms with van der Waals surface area (Å²) in [6.07, 6.45) is 3.37. The van der Waals surface area contributed by atoms with Crippen LogP contribution in [-0.2, 0) is 14.4 Å². The number of aryl methyl sites for hydroxylation is 1. The summed E-state index contributed by atoms with van der Waals surface area (Å²) in [5.74, 6) is -0.914. The maximum atomic E-state index is 12.1. The lowest BCUT2D eigenvalue weighted by Gasteiger charge is -2.08. The largest absolute Gasteiger partial charge is 0.494 e. The average Bonchev–Trinajstić information content (AvgIpc) is 2.89. The molecule has 9 heteroatoms. The van der Waals surface area contributed by atoms with Crippen LogP contribution in [0.2, 0.25) is 0 Å². The fourth-order valence-corrected chi connectivity index (χ4v) is 3.13. The zero-order valence-electron chi connectivity index (χ0n) is 20.8. The highest BCUT2D eigenvalue weighted by Gasteiger charge is 2.13. The molecule has 0 aromatic heterocycles. The third-order valence-corrected chi connectivity index (χ3v) is 4.99. The molecule has 0 aliphatic carbocycles. The number of hydrogen-bond acceptors (Lipinski definition) is 6. The summed E-state index contributed by atoms with van der Waals surface area (Å²) >= 11 is 0. The van der Waals surface area contributed by atoms with Crippen molar-refractivity contribution in [2.75, 3.05) is 23.8 Å². The number of amides is 3. The first kappa shape index (κ1) is 26.9. The van der Waals surface area contributed by atoms with Crippen molar-refractivity contribution in [3.63, 3.8) is 0 Å². The van der Waals surface area contributed by atoms with Gasteiger partial charge in [-0.05, 0) is 73.0 Å². The summed E-state index contributed by atoms with van der Waals surface area (Å²) in [6, 6.07) is 21.0. The highest BCUT2D eigenvalue weighted by atomic mass is 16.5. The van der Waals surface area contributed by atoms with Crippen molar-refractivity contribution in [3.8, 4) is 11.5 Å². The summed E-state index contributed by atoms with van der Waals surface area (Å²) in [7, 11) is 0. The number of unbranched alkanes of at least 4 members (excludes halogenated alkanes) is 1. The molecule has 37 heavy (non-hydrogen) atoms.